The van der Waals surface area contributed by atoms with Crippen LogP contribution in [0.2, 0.25) is 0 Å². The van der Waals surface area contributed by atoms with Gasteiger partial charge in [-0.25, -0.2) is 8.78 Å². The van der Waals surface area contributed by atoms with Crippen molar-refractivity contribution in [3.63, 3.8) is 0 Å². The molecule has 2 rings (SSSR count). The Bertz CT molecular complexity index is 216. The van der Waals surface area contributed by atoms with Crippen LogP contribution in [0.15, 0.2) is 0 Å². The molecule has 1 N–H and O–H groups in total. The number of ether oxygens (including phenoxy) is 1. The largest absolute Gasteiger partial charge is 0.381 e. The number of rotatable bonds is 3. The second-order valence-corrected chi connectivity index (χ2v) is 4.66. The maximum Gasteiger partial charge on any atom is 0.255 e. The summed E-state index contributed by atoms with van der Waals surface area (Å²) in [4.78, 5) is 1.96. The van der Waals surface area contributed by atoms with Crippen LogP contribution in [0, 0.1) is 5.92 Å². The molecule has 0 amide bonds. The summed E-state index contributed by atoms with van der Waals surface area (Å²) < 4.78 is 30.9. The highest BCUT2D eigenvalue weighted by Crippen LogP contribution is 2.20. The molecule has 0 aromatic carbocycles. The third-order valence-electron chi connectivity index (χ3n) is 3.52. The monoisotopic (exact) mass is 270 g/mol. The van der Waals surface area contributed by atoms with Crippen LogP contribution >= 0.6 is 12.4 Å². The van der Waals surface area contributed by atoms with E-state index in [4.69, 9.17) is 4.74 Å². The fraction of sp³-hybridized carbons (Fsp3) is 1.00. The standard InChI is InChI=1S/C11H20F2N2O.ClH/c12-11(13)10-7-14-3-4-15(10)8-9-1-5-16-6-2-9;/h9-11,14H,1-8H2;1H/t10-;/m1./s1. The first-order valence-electron chi connectivity index (χ1n) is 6.08. The number of halogens is 3. The summed E-state index contributed by atoms with van der Waals surface area (Å²) in [6.45, 7) is 4.37. The predicted molar refractivity (Wildman–Crippen MR) is 65.0 cm³/mol. The molecular weight excluding hydrogens is 250 g/mol. The molecule has 0 unspecified atom stereocenters. The van der Waals surface area contributed by atoms with Crippen LogP contribution in [0.1, 0.15) is 12.8 Å². The van der Waals surface area contributed by atoms with Gasteiger partial charge in [0.15, 0.2) is 0 Å². The minimum atomic E-state index is -2.24. The summed E-state index contributed by atoms with van der Waals surface area (Å²) in [6.07, 6.45) is -0.215. The zero-order chi connectivity index (χ0) is 11.4. The Balaban J connectivity index is 0.00000144. The average molecular weight is 271 g/mol. The van der Waals surface area contributed by atoms with Crippen molar-refractivity contribution in [3.05, 3.63) is 0 Å². The Morgan fingerprint density at radius 3 is 2.65 bits per heavy atom. The molecule has 0 saturated carbocycles. The highest BCUT2D eigenvalue weighted by Gasteiger charge is 2.31. The second kappa shape index (κ2) is 7.46. The molecule has 0 aromatic rings. The molecule has 2 aliphatic rings. The van der Waals surface area contributed by atoms with Crippen LogP contribution in [0.3, 0.4) is 0 Å². The molecule has 6 heteroatoms. The van der Waals surface area contributed by atoms with Crippen LogP contribution in [-0.2, 0) is 4.74 Å². The number of nitrogens with one attached hydrogen (secondary N) is 1. The van der Waals surface area contributed by atoms with Gasteiger partial charge in [-0.3, -0.25) is 4.90 Å². The van der Waals surface area contributed by atoms with E-state index in [1.54, 1.807) is 0 Å². The van der Waals surface area contributed by atoms with E-state index in [2.05, 4.69) is 5.32 Å². The Labute approximate surface area is 107 Å². The van der Waals surface area contributed by atoms with Crippen molar-refractivity contribution < 1.29 is 13.5 Å². The lowest BCUT2D eigenvalue weighted by atomic mass is 9.98. The van der Waals surface area contributed by atoms with Gasteiger partial charge in [0.05, 0.1) is 6.04 Å². The molecule has 0 radical (unpaired) electrons. The van der Waals surface area contributed by atoms with Gasteiger partial charge < -0.3 is 10.1 Å². The molecular formula is C11H21ClF2N2O. The molecule has 2 saturated heterocycles. The van der Waals surface area contributed by atoms with Crippen molar-refractivity contribution in [1.82, 2.24) is 10.2 Å². The first kappa shape index (κ1) is 15.1. The van der Waals surface area contributed by atoms with Crippen molar-refractivity contribution in [1.29, 1.82) is 0 Å². The maximum atomic E-state index is 12.8. The highest BCUT2D eigenvalue weighted by atomic mass is 35.5. The van der Waals surface area contributed by atoms with Gasteiger partial charge in [-0.05, 0) is 18.8 Å². The van der Waals surface area contributed by atoms with Crippen LogP contribution in [0.25, 0.3) is 0 Å². The minimum Gasteiger partial charge on any atom is -0.381 e. The van der Waals surface area contributed by atoms with Crippen molar-refractivity contribution in [2.45, 2.75) is 25.3 Å². The summed E-state index contributed by atoms with van der Waals surface area (Å²) in [5, 5.41) is 3.04. The van der Waals surface area contributed by atoms with Gasteiger partial charge in [-0.1, -0.05) is 0 Å². The summed E-state index contributed by atoms with van der Waals surface area (Å²) in [5.74, 6) is 0.535. The minimum absolute atomic E-state index is 0. The van der Waals surface area contributed by atoms with E-state index in [1.807, 2.05) is 4.90 Å². The first-order valence-corrected chi connectivity index (χ1v) is 6.08. The Morgan fingerprint density at radius 2 is 2.00 bits per heavy atom. The Hall–Kier alpha value is 0.0300. The highest BCUT2D eigenvalue weighted by molar-refractivity contribution is 5.85. The van der Waals surface area contributed by atoms with E-state index >= 15 is 0 Å². The van der Waals surface area contributed by atoms with Crippen molar-refractivity contribution in [3.8, 4) is 0 Å². The van der Waals surface area contributed by atoms with E-state index in [0.29, 0.717) is 12.5 Å². The van der Waals surface area contributed by atoms with Crippen molar-refractivity contribution >= 4 is 12.4 Å². The molecule has 3 nitrogen and oxygen atoms in total. The van der Waals surface area contributed by atoms with E-state index in [1.165, 1.54) is 0 Å². The fourth-order valence-electron chi connectivity index (χ4n) is 2.50. The normalized spacial score (nSPS) is 28.1. The van der Waals surface area contributed by atoms with Gasteiger partial charge in [-0.15, -0.1) is 12.4 Å². The maximum absolute atomic E-state index is 12.8. The van der Waals surface area contributed by atoms with Crippen LogP contribution in [0.5, 0.6) is 0 Å². The average Bonchev–Trinajstić information content (AvgIpc) is 2.31. The predicted octanol–water partition coefficient (Wildman–Crippen LogP) is 1.37. The topological polar surface area (TPSA) is 24.5 Å². The quantitative estimate of drug-likeness (QED) is 0.838. The second-order valence-electron chi connectivity index (χ2n) is 4.66. The zero-order valence-electron chi connectivity index (χ0n) is 9.91. The van der Waals surface area contributed by atoms with Crippen LogP contribution < -0.4 is 5.32 Å². The fourth-order valence-corrected chi connectivity index (χ4v) is 2.50. The van der Waals surface area contributed by atoms with E-state index in [-0.39, 0.29) is 12.4 Å². The lowest BCUT2D eigenvalue weighted by Gasteiger charge is -2.38. The third kappa shape index (κ3) is 4.32. The van der Waals surface area contributed by atoms with Crippen LogP contribution in [0.4, 0.5) is 8.78 Å². The zero-order valence-corrected chi connectivity index (χ0v) is 10.7. The molecule has 0 aliphatic carbocycles. The summed E-state index contributed by atoms with van der Waals surface area (Å²) in [5.41, 5.74) is 0. The molecule has 0 spiro atoms. The summed E-state index contributed by atoms with van der Waals surface area (Å²) in [6, 6.07) is -0.600. The SMILES string of the molecule is Cl.FC(F)[C@H]1CNCCN1CC1CCOCC1. The first-order chi connectivity index (χ1) is 7.77. The molecule has 2 aliphatic heterocycles. The molecule has 0 bridgehead atoms. The van der Waals surface area contributed by atoms with Gasteiger partial charge >= 0.3 is 0 Å². The summed E-state index contributed by atoms with van der Waals surface area (Å²) >= 11 is 0. The number of hydrogen-bond donors (Lipinski definition) is 1. The number of nitrogens with zero attached hydrogens (tertiary/aromatic N) is 1. The van der Waals surface area contributed by atoms with Gasteiger partial charge in [0.2, 0.25) is 0 Å². The van der Waals surface area contributed by atoms with Gasteiger partial charge in [0.1, 0.15) is 0 Å². The van der Waals surface area contributed by atoms with Gasteiger partial charge in [-0.2, -0.15) is 0 Å². The van der Waals surface area contributed by atoms with E-state index in [9.17, 15) is 8.78 Å². The Morgan fingerprint density at radius 1 is 1.29 bits per heavy atom. The molecule has 2 fully saturated rings. The van der Waals surface area contributed by atoms with Crippen LogP contribution in [-0.4, -0.2) is 56.8 Å². The summed E-state index contributed by atoms with van der Waals surface area (Å²) in [7, 11) is 0. The molecule has 1 atom stereocenters. The van der Waals surface area contributed by atoms with Crippen molar-refractivity contribution in [2.75, 3.05) is 39.4 Å². The smallest absolute Gasteiger partial charge is 0.255 e. The number of hydrogen-bond acceptors (Lipinski definition) is 3. The Kier molecular flexibility index (Phi) is 6.62. The lowest BCUT2D eigenvalue weighted by Crippen LogP contribution is -2.55. The van der Waals surface area contributed by atoms with Gasteiger partial charge in [0.25, 0.3) is 6.43 Å². The van der Waals surface area contributed by atoms with Crippen molar-refractivity contribution in [2.24, 2.45) is 5.92 Å². The molecule has 0 aromatic heterocycles. The molecule has 102 valence electrons. The number of piperazine rings is 1. The molecule has 2 heterocycles. The van der Waals surface area contributed by atoms with E-state index in [0.717, 1.165) is 45.7 Å². The third-order valence-corrected chi connectivity index (χ3v) is 3.52. The van der Waals surface area contributed by atoms with Gasteiger partial charge in [0, 0.05) is 39.4 Å². The number of alkyl halides is 2. The molecule has 17 heavy (non-hydrogen) atoms. The van der Waals surface area contributed by atoms with E-state index < -0.39 is 12.5 Å². The lowest BCUT2D eigenvalue weighted by molar-refractivity contribution is -0.00981.